The van der Waals surface area contributed by atoms with Crippen LogP contribution in [-0.2, 0) is 4.79 Å². The highest BCUT2D eigenvalue weighted by Crippen LogP contribution is 2.20. The van der Waals surface area contributed by atoms with Gasteiger partial charge in [0.2, 0.25) is 0 Å². The molecule has 0 aliphatic rings. The minimum absolute atomic E-state index is 0.322. The Labute approximate surface area is 85.5 Å². The predicted molar refractivity (Wildman–Crippen MR) is 53.5 cm³/mol. The molecule has 0 saturated heterocycles. The van der Waals surface area contributed by atoms with E-state index < -0.39 is 0 Å². The normalized spacial score (nSPS) is 8.93. The van der Waals surface area contributed by atoms with Crippen LogP contribution in [0.4, 0.5) is 0 Å². The molecule has 0 aliphatic heterocycles. The van der Waals surface area contributed by atoms with Crippen molar-refractivity contribution in [1.82, 2.24) is 0 Å². The molecule has 5 heteroatoms. The van der Waals surface area contributed by atoms with Gasteiger partial charge < -0.3 is 10.3 Å². The lowest BCUT2D eigenvalue weighted by atomic mass is 10.3. The van der Waals surface area contributed by atoms with Gasteiger partial charge in [-0.2, -0.15) is 4.79 Å². The summed E-state index contributed by atoms with van der Waals surface area (Å²) in [4.78, 5) is 14.4. The molecule has 0 atom stereocenters. The summed E-state index contributed by atoms with van der Waals surface area (Å²) in [5.41, 5.74) is 8.11. The Morgan fingerprint density at radius 2 is 2.14 bits per heavy atom. The zero-order valence-electron chi connectivity index (χ0n) is 7.51. The van der Waals surface area contributed by atoms with Gasteiger partial charge in [-0.05, 0) is 36.0 Å². The number of hydrogen-bond acceptors (Lipinski definition) is 3. The number of hydrogen-bond donors (Lipinski definition) is 0. The summed E-state index contributed by atoms with van der Waals surface area (Å²) < 4.78 is 4.96. The van der Waals surface area contributed by atoms with Gasteiger partial charge >= 0.3 is 6.21 Å². The van der Waals surface area contributed by atoms with Crippen molar-refractivity contribution in [3.05, 3.63) is 29.8 Å². The second-order valence-electron chi connectivity index (χ2n) is 2.34. The lowest BCUT2D eigenvalue weighted by Crippen LogP contribution is -1.92. The quantitative estimate of drug-likeness (QED) is 0.328. The van der Waals surface area contributed by atoms with E-state index in [1.165, 1.54) is 0 Å². The summed E-state index contributed by atoms with van der Waals surface area (Å²) in [7, 11) is 1.58. The van der Waals surface area contributed by atoms with Gasteiger partial charge in [0.05, 0.1) is 7.11 Å². The van der Waals surface area contributed by atoms with Gasteiger partial charge in [0.1, 0.15) is 5.75 Å². The highest BCUT2D eigenvalue weighted by atomic mass is 32.2. The standard InChI is InChI=1S/C9H8N2O2S/c1-13-7-2-4-8(5-3-7)14-9(12)6-11-10/h2-6H,1H3. The van der Waals surface area contributed by atoms with Crippen molar-refractivity contribution in [3.8, 4) is 5.75 Å². The highest BCUT2D eigenvalue weighted by molar-refractivity contribution is 8.15. The summed E-state index contributed by atoms with van der Waals surface area (Å²) in [6.07, 6.45) is 0.856. The first-order valence-corrected chi connectivity index (χ1v) is 4.61. The van der Waals surface area contributed by atoms with E-state index in [0.29, 0.717) is 0 Å². The predicted octanol–water partition coefficient (Wildman–Crippen LogP) is 1.61. The van der Waals surface area contributed by atoms with E-state index >= 15 is 0 Å². The summed E-state index contributed by atoms with van der Waals surface area (Å²) >= 11 is 0.984. The lowest BCUT2D eigenvalue weighted by molar-refractivity contribution is -0.108. The molecule has 0 N–H and O–H groups in total. The van der Waals surface area contributed by atoms with E-state index in [9.17, 15) is 4.79 Å². The van der Waals surface area contributed by atoms with Crippen molar-refractivity contribution in [3.63, 3.8) is 0 Å². The number of thioether (sulfide) groups is 1. The molecular formula is C9H8N2O2S. The molecule has 0 heterocycles. The van der Waals surface area contributed by atoms with E-state index in [-0.39, 0.29) is 5.12 Å². The van der Waals surface area contributed by atoms with Crippen LogP contribution in [0.5, 0.6) is 5.75 Å². The van der Waals surface area contributed by atoms with Crippen LogP contribution in [0.1, 0.15) is 0 Å². The molecule has 0 radical (unpaired) electrons. The Balaban J connectivity index is 2.68. The molecule has 1 rings (SSSR count). The fourth-order valence-corrected chi connectivity index (χ4v) is 1.44. The Hall–Kier alpha value is -1.58. The number of nitrogens with zero attached hydrogens (tertiary/aromatic N) is 2. The molecule has 0 bridgehead atoms. The van der Waals surface area contributed by atoms with Gasteiger partial charge in [0, 0.05) is 4.90 Å². The van der Waals surface area contributed by atoms with Crippen molar-refractivity contribution >= 4 is 23.1 Å². The minimum atomic E-state index is -0.322. The molecule has 1 aromatic rings. The second-order valence-corrected chi connectivity index (χ2v) is 3.42. The maximum atomic E-state index is 11.0. The molecule has 72 valence electrons. The second kappa shape index (κ2) is 5.21. The molecule has 0 fully saturated rings. The first-order chi connectivity index (χ1) is 6.76. The van der Waals surface area contributed by atoms with E-state index in [1.54, 1.807) is 31.4 Å². The maximum Gasteiger partial charge on any atom is 0.334 e. The molecule has 14 heavy (non-hydrogen) atoms. The Kier molecular flexibility index (Phi) is 3.91. The Morgan fingerprint density at radius 3 is 2.64 bits per heavy atom. The van der Waals surface area contributed by atoms with Gasteiger partial charge in [-0.25, -0.2) is 0 Å². The number of carbonyl (C=O) groups is 1. The highest BCUT2D eigenvalue weighted by Gasteiger charge is 2.05. The molecule has 0 spiro atoms. The smallest absolute Gasteiger partial charge is 0.334 e. The first-order valence-electron chi connectivity index (χ1n) is 3.79. The molecule has 1 aromatic carbocycles. The zero-order valence-corrected chi connectivity index (χ0v) is 8.32. The van der Waals surface area contributed by atoms with Crippen molar-refractivity contribution in [2.45, 2.75) is 4.90 Å². The van der Waals surface area contributed by atoms with E-state index in [0.717, 1.165) is 28.6 Å². The third-order valence-corrected chi connectivity index (χ3v) is 2.26. The van der Waals surface area contributed by atoms with Gasteiger partial charge in [-0.1, -0.05) is 0 Å². The molecular weight excluding hydrogens is 200 g/mol. The number of ether oxygens (including phenoxy) is 1. The average Bonchev–Trinajstić information content (AvgIpc) is 2.19. The average molecular weight is 208 g/mol. The molecule has 0 aliphatic carbocycles. The van der Waals surface area contributed by atoms with Crippen LogP contribution in [0.15, 0.2) is 29.2 Å². The number of benzene rings is 1. The van der Waals surface area contributed by atoms with Crippen molar-refractivity contribution in [1.29, 1.82) is 0 Å². The van der Waals surface area contributed by atoms with Crippen LogP contribution in [0, 0.1) is 0 Å². The minimum Gasteiger partial charge on any atom is -0.497 e. The van der Waals surface area contributed by atoms with Crippen LogP contribution in [-0.4, -0.2) is 23.2 Å². The molecule has 0 amide bonds. The summed E-state index contributed by atoms with van der Waals surface area (Å²) in [6, 6.07) is 7.02. The monoisotopic (exact) mass is 208 g/mol. The third-order valence-electron chi connectivity index (χ3n) is 1.44. The molecule has 0 aromatic heterocycles. The van der Waals surface area contributed by atoms with Crippen LogP contribution in [0.25, 0.3) is 5.53 Å². The van der Waals surface area contributed by atoms with Crippen LogP contribution in [0.2, 0.25) is 0 Å². The number of rotatable bonds is 3. The maximum absolute atomic E-state index is 11.0. The van der Waals surface area contributed by atoms with Crippen LogP contribution in [0.3, 0.4) is 0 Å². The summed E-state index contributed by atoms with van der Waals surface area (Å²) in [5.74, 6) is 0.734. The fraction of sp³-hybridized carbons (Fsp3) is 0.111. The number of carbonyl (C=O) groups excluding carboxylic acids is 1. The van der Waals surface area contributed by atoms with Crippen molar-refractivity contribution < 1.29 is 14.3 Å². The summed E-state index contributed by atoms with van der Waals surface area (Å²) in [6.45, 7) is 0. The van der Waals surface area contributed by atoms with Gasteiger partial charge in [0.25, 0.3) is 5.12 Å². The fourth-order valence-electron chi connectivity index (χ4n) is 0.833. The topological polar surface area (TPSA) is 62.7 Å². The van der Waals surface area contributed by atoms with Crippen LogP contribution >= 0.6 is 11.8 Å². The van der Waals surface area contributed by atoms with E-state index in [2.05, 4.69) is 4.79 Å². The molecule has 0 unspecified atom stereocenters. The van der Waals surface area contributed by atoms with Gasteiger partial charge in [-0.15, -0.1) is 0 Å². The van der Waals surface area contributed by atoms with Crippen molar-refractivity contribution in [2.24, 2.45) is 0 Å². The Bertz CT molecular complexity index is 369. The molecule has 4 nitrogen and oxygen atoms in total. The number of methoxy groups -OCH3 is 1. The largest absolute Gasteiger partial charge is 0.497 e. The third kappa shape index (κ3) is 3.05. The van der Waals surface area contributed by atoms with Gasteiger partial charge in [-0.3, -0.25) is 4.79 Å². The van der Waals surface area contributed by atoms with E-state index in [4.69, 9.17) is 10.3 Å². The van der Waals surface area contributed by atoms with Crippen LogP contribution < -0.4 is 4.74 Å². The summed E-state index contributed by atoms with van der Waals surface area (Å²) in [5, 5.41) is -0.322. The SMILES string of the molecule is COc1ccc(SC(=O)C=[N+]=[N-])cc1. The Morgan fingerprint density at radius 1 is 1.50 bits per heavy atom. The molecule has 0 saturated carbocycles. The lowest BCUT2D eigenvalue weighted by Gasteiger charge is -1.99. The van der Waals surface area contributed by atoms with Crippen molar-refractivity contribution in [2.75, 3.05) is 7.11 Å². The van der Waals surface area contributed by atoms with E-state index in [1.807, 2.05) is 0 Å². The van der Waals surface area contributed by atoms with Gasteiger partial charge in [0.15, 0.2) is 0 Å². The first kappa shape index (κ1) is 10.5. The zero-order chi connectivity index (χ0) is 10.4.